The van der Waals surface area contributed by atoms with Crippen LogP contribution in [0.3, 0.4) is 0 Å². The van der Waals surface area contributed by atoms with Gasteiger partial charge in [-0.25, -0.2) is 0 Å². The molecule has 1 aliphatic rings. The van der Waals surface area contributed by atoms with Gasteiger partial charge in [-0.1, -0.05) is 57.6 Å². The molecule has 0 radical (unpaired) electrons. The van der Waals surface area contributed by atoms with E-state index in [1.54, 1.807) is 0 Å². The highest BCUT2D eigenvalue weighted by molar-refractivity contribution is 4.97. The van der Waals surface area contributed by atoms with Gasteiger partial charge in [-0.3, -0.25) is 0 Å². The van der Waals surface area contributed by atoms with Crippen LogP contribution in [0.5, 0.6) is 0 Å². The molecule has 0 bridgehead atoms. The van der Waals surface area contributed by atoms with Crippen molar-refractivity contribution in [3.63, 3.8) is 0 Å². The fraction of sp³-hybridized carbons (Fsp3) is 0.857. The Labute approximate surface area is 95.3 Å². The van der Waals surface area contributed by atoms with Crippen LogP contribution >= 0.6 is 0 Å². The maximum Gasteiger partial charge on any atom is 0.0136 e. The second-order valence-corrected chi connectivity index (χ2v) is 4.72. The molecule has 88 valence electrons. The van der Waals surface area contributed by atoms with Crippen molar-refractivity contribution >= 4 is 0 Å². The summed E-state index contributed by atoms with van der Waals surface area (Å²) in [6, 6.07) is 0.755. The van der Waals surface area contributed by atoms with E-state index in [1.165, 1.54) is 64.3 Å². The van der Waals surface area contributed by atoms with E-state index in [-0.39, 0.29) is 0 Å². The molecule has 0 aromatic rings. The molecule has 1 heteroatoms. The maximum atomic E-state index is 3.62. The molecular formula is C14H27N. The molecule has 0 aromatic heterocycles. The quantitative estimate of drug-likeness (QED) is 0.446. The molecule has 0 aromatic carbocycles. The minimum absolute atomic E-state index is 0.755. The molecule has 1 N–H and O–H groups in total. The summed E-state index contributed by atoms with van der Waals surface area (Å²) in [6.45, 7) is 3.50. The average Bonchev–Trinajstić information content (AvgIpc) is 2.75. The Balaban J connectivity index is 1.73. The molecule has 0 saturated heterocycles. The molecule has 0 atom stereocenters. The van der Waals surface area contributed by atoms with E-state index in [2.05, 4.69) is 24.4 Å². The van der Waals surface area contributed by atoms with Gasteiger partial charge in [0.05, 0.1) is 0 Å². The van der Waals surface area contributed by atoms with Crippen LogP contribution in [0.15, 0.2) is 12.2 Å². The zero-order valence-electron chi connectivity index (χ0n) is 10.3. The van der Waals surface area contributed by atoms with Crippen LogP contribution in [0, 0.1) is 0 Å². The maximum absolute atomic E-state index is 3.62. The average molecular weight is 209 g/mol. The van der Waals surface area contributed by atoms with Gasteiger partial charge < -0.3 is 5.32 Å². The Kier molecular flexibility index (Phi) is 7.63. The number of hydrogen-bond donors (Lipinski definition) is 1. The first-order chi connectivity index (χ1) is 7.43. The van der Waals surface area contributed by atoms with Crippen molar-refractivity contribution in [3.8, 4) is 0 Å². The summed E-state index contributed by atoms with van der Waals surface area (Å²) in [5, 5.41) is 3.62. The van der Waals surface area contributed by atoms with Crippen LogP contribution in [0.1, 0.15) is 64.7 Å². The zero-order chi connectivity index (χ0) is 10.8. The molecule has 0 saturated carbocycles. The molecule has 0 unspecified atom stereocenters. The Morgan fingerprint density at radius 3 is 2.20 bits per heavy atom. The normalized spacial score (nSPS) is 16.3. The predicted octanol–water partition coefficient (Wildman–Crippen LogP) is 4.05. The zero-order valence-corrected chi connectivity index (χ0v) is 10.3. The minimum Gasteiger partial charge on any atom is -0.313 e. The third-order valence-electron chi connectivity index (χ3n) is 3.22. The standard InChI is InChI=1S/C14H27N/c1-2-3-4-5-6-7-10-13-15-14-11-8-9-12-14/h8-9,14-15H,2-7,10-13H2,1H3. The van der Waals surface area contributed by atoms with Crippen molar-refractivity contribution < 1.29 is 0 Å². The first-order valence-corrected chi connectivity index (χ1v) is 6.82. The van der Waals surface area contributed by atoms with E-state index in [9.17, 15) is 0 Å². The van der Waals surface area contributed by atoms with Crippen molar-refractivity contribution in [2.75, 3.05) is 6.54 Å². The summed E-state index contributed by atoms with van der Waals surface area (Å²) in [5.41, 5.74) is 0. The summed E-state index contributed by atoms with van der Waals surface area (Å²) in [4.78, 5) is 0. The summed E-state index contributed by atoms with van der Waals surface area (Å²) in [7, 11) is 0. The monoisotopic (exact) mass is 209 g/mol. The van der Waals surface area contributed by atoms with Crippen molar-refractivity contribution in [3.05, 3.63) is 12.2 Å². The second-order valence-electron chi connectivity index (χ2n) is 4.72. The van der Waals surface area contributed by atoms with Gasteiger partial charge in [-0.2, -0.15) is 0 Å². The third-order valence-corrected chi connectivity index (χ3v) is 3.22. The van der Waals surface area contributed by atoms with Crippen molar-refractivity contribution in [1.29, 1.82) is 0 Å². The SMILES string of the molecule is CCCCCCCCCNC1CC=CC1. The van der Waals surface area contributed by atoms with Crippen LogP contribution in [0.2, 0.25) is 0 Å². The fourth-order valence-electron chi connectivity index (χ4n) is 2.17. The first-order valence-electron chi connectivity index (χ1n) is 6.82. The van der Waals surface area contributed by atoms with E-state index < -0.39 is 0 Å². The van der Waals surface area contributed by atoms with E-state index >= 15 is 0 Å². The molecule has 1 nitrogen and oxygen atoms in total. The summed E-state index contributed by atoms with van der Waals surface area (Å²) in [5.74, 6) is 0. The third kappa shape index (κ3) is 6.72. The Bertz CT molecular complexity index is 155. The Morgan fingerprint density at radius 1 is 0.933 bits per heavy atom. The molecule has 0 fully saturated rings. The highest BCUT2D eigenvalue weighted by atomic mass is 14.9. The number of rotatable bonds is 9. The molecular weight excluding hydrogens is 182 g/mol. The van der Waals surface area contributed by atoms with Crippen LogP contribution in [-0.2, 0) is 0 Å². The van der Waals surface area contributed by atoms with Gasteiger partial charge in [0.2, 0.25) is 0 Å². The topological polar surface area (TPSA) is 12.0 Å². The lowest BCUT2D eigenvalue weighted by Gasteiger charge is -2.11. The predicted molar refractivity (Wildman–Crippen MR) is 68.2 cm³/mol. The smallest absolute Gasteiger partial charge is 0.0136 e. The van der Waals surface area contributed by atoms with Crippen molar-refractivity contribution in [2.24, 2.45) is 0 Å². The highest BCUT2D eigenvalue weighted by Gasteiger charge is 2.07. The summed E-state index contributed by atoms with van der Waals surface area (Å²) < 4.78 is 0. The molecule has 0 amide bonds. The van der Waals surface area contributed by atoms with E-state index in [4.69, 9.17) is 0 Å². The lowest BCUT2D eigenvalue weighted by Crippen LogP contribution is -2.27. The molecule has 1 aliphatic carbocycles. The summed E-state index contributed by atoms with van der Waals surface area (Å²) in [6.07, 6.45) is 17.0. The number of nitrogens with one attached hydrogen (secondary N) is 1. The molecule has 0 heterocycles. The summed E-state index contributed by atoms with van der Waals surface area (Å²) >= 11 is 0. The molecule has 15 heavy (non-hydrogen) atoms. The van der Waals surface area contributed by atoms with Gasteiger partial charge in [0.25, 0.3) is 0 Å². The molecule has 0 spiro atoms. The molecule has 0 aliphatic heterocycles. The van der Waals surface area contributed by atoms with Crippen molar-refractivity contribution in [1.82, 2.24) is 5.32 Å². The highest BCUT2D eigenvalue weighted by Crippen LogP contribution is 2.10. The Morgan fingerprint density at radius 2 is 1.53 bits per heavy atom. The van der Waals surface area contributed by atoms with E-state index in [0.717, 1.165) is 6.04 Å². The fourth-order valence-corrected chi connectivity index (χ4v) is 2.17. The molecule has 1 rings (SSSR count). The second kappa shape index (κ2) is 8.96. The van der Waals surface area contributed by atoms with Gasteiger partial charge in [0.15, 0.2) is 0 Å². The van der Waals surface area contributed by atoms with Crippen LogP contribution in [0.4, 0.5) is 0 Å². The van der Waals surface area contributed by atoms with Gasteiger partial charge in [0, 0.05) is 6.04 Å². The largest absolute Gasteiger partial charge is 0.313 e. The number of unbranched alkanes of at least 4 members (excludes halogenated alkanes) is 6. The minimum atomic E-state index is 0.755. The van der Waals surface area contributed by atoms with Crippen molar-refractivity contribution in [2.45, 2.75) is 70.8 Å². The van der Waals surface area contributed by atoms with Crippen LogP contribution in [0.25, 0.3) is 0 Å². The number of hydrogen-bond acceptors (Lipinski definition) is 1. The van der Waals surface area contributed by atoms with E-state index in [0.29, 0.717) is 0 Å². The van der Waals surface area contributed by atoms with Gasteiger partial charge in [0.1, 0.15) is 0 Å². The lowest BCUT2D eigenvalue weighted by molar-refractivity contribution is 0.505. The van der Waals surface area contributed by atoms with Gasteiger partial charge >= 0.3 is 0 Å². The van der Waals surface area contributed by atoms with Crippen LogP contribution < -0.4 is 5.32 Å². The van der Waals surface area contributed by atoms with Gasteiger partial charge in [-0.15, -0.1) is 0 Å². The lowest BCUT2D eigenvalue weighted by atomic mass is 10.1. The Hall–Kier alpha value is -0.300. The van der Waals surface area contributed by atoms with Crippen LogP contribution in [-0.4, -0.2) is 12.6 Å². The van der Waals surface area contributed by atoms with E-state index in [1.807, 2.05) is 0 Å². The van der Waals surface area contributed by atoms with Gasteiger partial charge in [-0.05, 0) is 25.8 Å². The first kappa shape index (κ1) is 12.8.